The summed E-state index contributed by atoms with van der Waals surface area (Å²) in [6.07, 6.45) is 2.54. The van der Waals surface area contributed by atoms with Gasteiger partial charge in [-0.15, -0.1) is 0 Å². The van der Waals surface area contributed by atoms with Crippen molar-refractivity contribution in [2.45, 2.75) is 32.6 Å². The van der Waals surface area contributed by atoms with Crippen LogP contribution in [0.4, 0.5) is 21.1 Å². The van der Waals surface area contributed by atoms with Crippen LogP contribution >= 0.6 is 0 Å². The SMILES string of the molecule is CC(C)(C)c1cc(NC(=O)Nc2ccc(Oc3ccncc3)cc2)n(-c2ccc(CC(=O)N3CCN(C(=O)O)CC3)cc2)n1. The zero-order chi connectivity index (χ0) is 31.3. The molecule has 44 heavy (non-hydrogen) atoms. The molecule has 0 unspecified atom stereocenters. The van der Waals surface area contributed by atoms with E-state index in [-0.39, 0.29) is 17.7 Å². The van der Waals surface area contributed by atoms with Crippen molar-refractivity contribution in [1.29, 1.82) is 0 Å². The van der Waals surface area contributed by atoms with Crippen LogP contribution in [-0.2, 0) is 16.6 Å². The van der Waals surface area contributed by atoms with Crippen LogP contribution in [0.25, 0.3) is 5.69 Å². The number of hydrogen-bond acceptors (Lipinski definition) is 6. The normalized spacial score (nSPS) is 13.3. The van der Waals surface area contributed by atoms with Crippen LogP contribution in [0, 0.1) is 0 Å². The molecule has 2 aromatic heterocycles. The molecular formula is C32H35N7O5. The third-order valence-electron chi connectivity index (χ3n) is 7.16. The Labute approximate surface area is 255 Å². The molecule has 12 nitrogen and oxygen atoms in total. The number of rotatable bonds is 7. The predicted octanol–water partition coefficient (Wildman–Crippen LogP) is 5.37. The summed E-state index contributed by atoms with van der Waals surface area (Å²) in [5, 5.41) is 19.7. The number of carbonyl (C=O) groups is 3. The summed E-state index contributed by atoms with van der Waals surface area (Å²) < 4.78 is 7.45. The maximum atomic E-state index is 13.0. The standard InChI is InChI=1S/C32H35N7O5/c1-32(2,3)27-21-28(35-30(41)34-23-6-10-25(11-7-23)44-26-12-14-33-15-13-26)39(36-27)24-8-4-22(5-9-24)20-29(40)37-16-18-38(19-17-37)31(42)43/h4-15,21H,16-20H2,1-3H3,(H,42,43)(H2,34,35,41). The van der Waals surface area contributed by atoms with Crippen LogP contribution in [0.1, 0.15) is 32.0 Å². The van der Waals surface area contributed by atoms with Crippen molar-refractivity contribution >= 4 is 29.5 Å². The van der Waals surface area contributed by atoms with Crippen LogP contribution in [0.3, 0.4) is 0 Å². The van der Waals surface area contributed by atoms with Crippen molar-refractivity contribution in [3.63, 3.8) is 0 Å². The Morgan fingerprint density at radius 2 is 1.45 bits per heavy atom. The number of anilines is 2. The second kappa shape index (κ2) is 12.9. The monoisotopic (exact) mass is 597 g/mol. The highest BCUT2D eigenvalue weighted by molar-refractivity contribution is 5.99. The summed E-state index contributed by atoms with van der Waals surface area (Å²) in [5.41, 5.74) is 2.67. The molecule has 0 aliphatic carbocycles. The van der Waals surface area contributed by atoms with E-state index in [0.717, 1.165) is 16.9 Å². The molecule has 1 aliphatic rings. The average Bonchev–Trinajstić information content (AvgIpc) is 3.43. The molecular weight excluding hydrogens is 562 g/mol. The first-order valence-electron chi connectivity index (χ1n) is 14.3. The number of piperazine rings is 1. The number of carboxylic acid groups (broad SMARTS) is 1. The summed E-state index contributed by atoms with van der Waals surface area (Å²) in [7, 11) is 0. The van der Waals surface area contributed by atoms with Crippen molar-refractivity contribution in [3.05, 3.63) is 90.4 Å². The lowest BCUT2D eigenvalue weighted by atomic mass is 9.92. The molecule has 228 valence electrons. The van der Waals surface area contributed by atoms with E-state index in [1.165, 1.54) is 4.90 Å². The Hall–Kier alpha value is -5.39. The lowest BCUT2D eigenvalue weighted by Crippen LogP contribution is -2.50. The van der Waals surface area contributed by atoms with Crippen molar-refractivity contribution in [2.75, 3.05) is 36.8 Å². The number of pyridine rings is 1. The fourth-order valence-electron chi connectivity index (χ4n) is 4.65. The molecule has 5 rings (SSSR count). The molecule has 0 radical (unpaired) electrons. The molecule has 0 bridgehead atoms. The van der Waals surface area contributed by atoms with Gasteiger partial charge in [0.2, 0.25) is 5.91 Å². The van der Waals surface area contributed by atoms with Crippen molar-refractivity contribution in [2.24, 2.45) is 0 Å². The van der Waals surface area contributed by atoms with Gasteiger partial charge in [0.25, 0.3) is 0 Å². The molecule has 3 heterocycles. The molecule has 4 aromatic rings. The highest BCUT2D eigenvalue weighted by Crippen LogP contribution is 2.27. The molecule has 1 aliphatic heterocycles. The number of aromatic nitrogens is 3. The number of hydrogen-bond donors (Lipinski definition) is 3. The van der Waals surface area contributed by atoms with E-state index >= 15 is 0 Å². The number of ether oxygens (including phenoxy) is 1. The van der Waals surface area contributed by atoms with E-state index in [0.29, 0.717) is 49.2 Å². The Morgan fingerprint density at radius 3 is 2.07 bits per heavy atom. The van der Waals surface area contributed by atoms with Gasteiger partial charge in [0, 0.05) is 55.7 Å². The molecule has 0 atom stereocenters. The van der Waals surface area contributed by atoms with Crippen LogP contribution < -0.4 is 15.4 Å². The van der Waals surface area contributed by atoms with Gasteiger partial charge < -0.3 is 25.0 Å². The third-order valence-corrected chi connectivity index (χ3v) is 7.16. The van der Waals surface area contributed by atoms with Gasteiger partial charge in [0.1, 0.15) is 17.3 Å². The molecule has 4 amide bonds. The van der Waals surface area contributed by atoms with E-state index < -0.39 is 12.1 Å². The van der Waals surface area contributed by atoms with Gasteiger partial charge >= 0.3 is 12.1 Å². The molecule has 0 spiro atoms. The van der Waals surface area contributed by atoms with Gasteiger partial charge in [0.05, 0.1) is 17.8 Å². The van der Waals surface area contributed by atoms with E-state index in [4.69, 9.17) is 14.9 Å². The Bertz CT molecular complexity index is 1610. The summed E-state index contributed by atoms with van der Waals surface area (Å²) in [5.74, 6) is 1.73. The number of urea groups is 1. The highest BCUT2D eigenvalue weighted by atomic mass is 16.5. The topological polar surface area (TPSA) is 142 Å². The predicted molar refractivity (Wildman–Crippen MR) is 166 cm³/mol. The number of benzene rings is 2. The summed E-state index contributed by atoms with van der Waals surface area (Å²) >= 11 is 0. The Morgan fingerprint density at radius 1 is 0.841 bits per heavy atom. The summed E-state index contributed by atoms with van der Waals surface area (Å²) in [6, 6.07) is 19.4. The molecule has 2 aromatic carbocycles. The maximum absolute atomic E-state index is 13.0. The highest BCUT2D eigenvalue weighted by Gasteiger charge is 2.24. The van der Waals surface area contributed by atoms with E-state index in [1.54, 1.807) is 58.4 Å². The first-order valence-corrected chi connectivity index (χ1v) is 14.3. The molecule has 12 heteroatoms. The van der Waals surface area contributed by atoms with Crippen LogP contribution in [0.15, 0.2) is 79.1 Å². The summed E-state index contributed by atoms with van der Waals surface area (Å²) in [6.45, 7) is 7.52. The van der Waals surface area contributed by atoms with E-state index in [1.807, 2.05) is 51.1 Å². The number of nitrogens with one attached hydrogen (secondary N) is 2. The van der Waals surface area contributed by atoms with Gasteiger partial charge in [-0.3, -0.25) is 15.1 Å². The second-order valence-corrected chi connectivity index (χ2v) is 11.5. The van der Waals surface area contributed by atoms with E-state index in [9.17, 15) is 14.4 Å². The van der Waals surface area contributed by atoms with Crippen LogP contribution in [-0.4, -0.2) is 73.9 Å². The lowest BCUT2D eigenvalue weighted by molar-refractivity contribution is -0.132. The van der Waals surface area contributed by atoms with Crippen molar-refractivity contribution in [1.82, 2.24) is 24.6 Å². The molecule has 1 saturated heterocycles. The third kappa shape index (κ3) is 7.51. The Balaban J connectivity index is 1.24. The van der Waals surface area contributed by atoms with Crippen LogP contribution in [0.5, 0.6) is 11.5 Å². The van der Waals surface area contributed by atoms with Gasteiger partial charge in [-0.25, -0.2) is 14.3 Å². The zero-order valence-corrected chi connectivity index (χ0v) is 24.9. The van der Waals surface area contributed by atoms with Gasteiger partial charge in [-0.1, -0.05) is 32.9 Å². The van der Waals surface area contributed by atoms with Crippen molar-refractivity contribution < 1.29 is 24.2 Å². The lowest BCUT2D eigenvalue weighted by Gasteiger charge is -2.33. The minimum atomic E-state index is -0.964. The smallest absolute Gasteiger partial charge is 0.407 e. The van der Waals surface area contributed by atoms with Gasteiger partial charge in [-0.2, -0.15) is 5.10 Å². The van der Waals surface area contributed by atoms with Gasteiger partial charge in [-0.05, 0) is 54.1 Å². The number of carbonyl (C=O) groups excluding carboxylic acids is 2. The first-order chi connectivity index (χ1) is 21.0. The average molecular weight is 598 g/mol. The minimum Gasteiger partial charge on any atom is -0.465 e. The quantitative estimate of drug-likeness (QED) is 0.260. The zero-order valence-electron chi connectivity index (χ0n) is 24.9. The fourth-order valence-corrected chi connectivity index (χ4v) is 4.65. The fraction of sp³-hybridized carbons (Fsp3) is 0.281. The first kappa shape index (κ1) is 30.1. The van der Waals surface area contributed by atoms with E-state index in [2.05, 4.69) is 15.6 Å². The molecule has 0 saturated carbocycles. The second-order valence-electron chi connectivity index (χ2n) is 11.5. The van der Waals surface area contributed by atoms with Crippen LogP contribution in [0.2, 0.25) is 0 Å². The number of nitrogens with zero attached hydrogens (tertiary/aromatic N) is 5. The number of amides is 4. The largest absolute Gasteiger partial charge is 0.465 e. The summed E-state index contributed by atoms with van der Waals surface area (Å²) in [4.78, 5) is 43.9. The maximum Gasteiger partial charge on any atom is 0.407 e. The molecule has 1 fully saturated rings. The molecule has 3 N–H and O–H groups in total. The van der Waals surface area contributed by atoms with Crippen molar-refractivity contribution in [3.8, 4) is 17.2 Å². The van der Waals surface area contributed by atoms with Gasteiger partial charge in [0.15, 0.2) is 0 Å². The minimum absolute atomic E-state index is 0.0483. The Kier molecular flexibility index (Phi) is 8.79.